The van der Waals surface area contributed by atoms with Gasteiger partial charge in [0, 0.05) is 34.5 Å². The molecule has 2 aromatic carbocycles. The third-order valence-electron chi connectivity index (χ3n) is 4.06. The van der Waals surface area contributed by atoms with Gasteiger partial charge in [-0.3, -0.25) is 14.3 Å². The molecule has 0 fully saturated rings. The standard InChI is InChI=1S/C20H14BrFN4O/c1-12(27)25-15-7-13(20-17(22)3-2-6-23-20)8-16(10-15)26-11-24-18-9-14(21)4-5-19(18)26/h2-11H,1H3,(H,25,27). The summed E-state index contributed by atoms with van der Waals surface area (Å²) in [7, 11) is 0. The lowest BCUT2D eigenvalue weighted by molar-refractivity contribution is -0.114. The number of hydrogen-bond donors (Lipinski definition) is 1. The summed E-state index contributed by atoms with van der Waals surface area (Å²) in [4.78, 5) is 20.1. The van der Waals surface area contributed by atoms with Crippen molar-refractivity contribution in [2.24, 2.45) is 0 Å². The first-order chi connectivity index (χ1) is 13.0. The highest BCUT2D eigenvalue weighted by Crippen LogP contribution is 2.29. The molecule has 0 spiro atoms. The summed E-state index contributed by atoms with van der Waals surface area (Å²) in [5.41, 5.74) is 3.79. The summed E-state index contributed by atoms with van der Waals surface area (Å²) >= 11 is 3.44. The average molecular weight is 425 g/mol. The molecule has 1 amide bonds. The maximum absolute atomic E-state index is 14.3. The van der Waals surface area contributed by atoms with Crippen LogP contribution in [0.1, 0.15) is 6.92 Å². The lowest BCUT2D eigenvalue weighted by Crippen LogP contribution is -2.07. The van der Waals surface area contributed by atoms with E-state index in [1.54, 1.807) is 18.5 Å². The van der Waals surface area contributed by atoms with Crippen molar-refractivity contribution in [2.75, 3.05) is 5.32 Å². The molecule has 27 heavy (non-hydrogen) atoms. The van der Waals surface area contributed by atoms with Crippen LogP contribution in [-0.2, 0) is 4.79 Å². The molecule has 0 aliphatic heterocycles. The smallest absolute Gasteiger partial charge is 0.221 e. The normalized spacial score (nSPS) is 10.9. The number of aromatic nitrogens is 3. The quantitative estimate of drug-likeness (QED) is 0.506. The van der Waals surface area contributed by atoms with Gasteiger partial charge in [-0.1, -0.05) is 15.9 Å². The van der Waals surface area contributed by atoms with Crippen LogP contribution < -0.4 is 5.32 Å². The molecule has 0 saturated carbocycles. The third kappa shape index (κ3) is 3.46. The Bertz CT molecular complexity index is 1170. The summed E-state index contributed by atoms with van der Waals surface area (Å²) in [6.45, 7) is 1.43. The molecule has 2 aromatic heterocycles. The first-order valence-corrected chi connectivity index (χ1v) is 8.97. The van der Waals surface area contributed by atoms with Crippen molar-refractivity contribution in [3.63, 3.8) is 0 Å². The Morgan fingerprint density at radius 1 is 1.15 bits per heavy atom. The van der Waals surface area contributed by atoms with Crippen molar-refractivity contribution >= 4 is 38.6 Å². The minimum absolute atomic E-state index is 0.209. The number of imidazole rings is 1. The van der Waals surface area contributed by atoms with Crippen LogP contribution in [-0.4, -0.2) is 20.4 Å². The van der Waals surface area contributed by atoms with Crippen LogP contribution >= 0.6 is 15.9 Å². The van der Waals surface area contributed by atoms with Gasteiger partial charge in [0.15, 0.2) is 0 Å². The molecule has 0 aliphatic rings. The summed E-state index contributed by atoms with van der Waals surface area (Å²) in [5.74, 6) is -0.637. The number of carbonyl (C=O) groups excluding carboxylic acids is 1. The van der Waals surface area contributed by atoms with Gasteiger partial charge in [-0.05, 0) is 48.5 Å². The number of nitrogens with zero attached hydrogens (tertiary/aromatic N) is 3. The van der Waals surface area contributed by atoms with Crippen molar-refractivity contribution in [1.29, 1.82) is 0 Å². The lowest BCUT2D eigenvalue weighted by atomic mass is 10.1. The van der Waals surface area contributed by atoms with E-state index in [-0.39, 0.29) is 11.6 Å². The summed E-state index contributed by atoms with van der Waals surface area (Å²) in [6, 6.07) is 14.0. The number of hydrogen-bond acceptors (Lipinski definition) is 3. The maximum Gasteiger partial charge on any atom is 0.221 e. The molecular weight excluding hydrogens is 411 g/mol. The fraction of sp³-hybridized carbons (Fsp3) is 0.0500. The predicted molar refractivity (Wildman–Crippen MR) is 106 cm³/mol. The third-order valence-corrected chi connectivity index (χ3v) is 4.55. The molecule has 0 radical (unpaired) electrons. The monoisotopic (exact) mass is 424 g/mol. The molecule has 2 heterocycles. The highest BCUT2D eigenvalue weighted by Gasteiger charge is 2.12. The van der Waals surface area contributed by atoms with Crippen molar-refractivity contribution in [1.82, 2.24) is 14.5 Å². The molecule has 4 rings (SSSR count). The minimum atomic E-state index is -0.428. The number of pyridine rings is 1. The zero-order valence-corrected chi connectivity index (χ0v) is 15.9. The second-order valence-electron chi connectivity index (χ2n) is 6.03. The molecule has 0 aliphatic carbocycles. The molecule has 0 saturated heterocycles. The Morgan fingerprint density at radius 3 is 2.78 bits per heavy atom. The first kappa shape index (κ1) is 17.4. The van der Waals surface area contributed by atoms with Gasteiger partial charge in [0.05, 0.1) is 11.0 Å². The molecule has 0 bridgehead atoms. The second kappa shape index (κ2) is 6.92. The highest BCUT2D eigenvalue weighted by atomic mass is 79.9. The Kier molecular flexibility index (Phi) is 4.45. The van der Waals surface area contributed by atoms with E-state index in [0.29, 0.717) is 11.3 Å². The van der Waals surface area contributed by atoms with E-state index < -0.39 is 5.82 Å². The lowest BCUT2D eigenvalue weighted by Gasteiger charge is -2.12. The Hall–Kier alpha value is -3.06. The van der Waals surface area contributed by atoms with Crippen LogP contribution in [0.5, 0.6) is 0 Å². The Labute approximate surface area is 163 Å². The maximum atomic E-state index is 14.3. The topological polar surface area (TPSA) is 59.8 Å². The molecule has 5 nitrogen and oxygen atoms in total. The molecule has 7 heteroatoms. The van der Waals surface area contributed by atoms with Gasteiger partial charge in [-0.25, -0.2) is 9.37 Å². The van der Waals surface area contributed by atoms with E-state index in [2.05, 4.69) is 31.2 Å². The van der Waals surface area contributed by atoms with Gasteiger partial charge in [-0.2, -0.15) is 0 Å². The number of halogens is 2. The first-order valence-electron chi connectivity index (χ1n) is 8.18. The predicted octanol–water partition coefficient (Wildman–Crippen LogP) is 4.95. The molecule has 4 aromatic rings. The van der Waals surface area contributed by atoms with E-state index in [1.165, 1.54) is 19.2 Å². The number of rotatable bonds is 3. The molecule has 0 unspecified atom stereocenters. The zero-order chi connectivity index (χ0) is 19.0. The number of nitrogens with one attached hydrogen (secondary N) is 1. The van der Waals surface area contributed by atoms with E-state index in [4.69, 9.17) is 0 Å². The van der Waals surface area contributed by atoms with Crippen LogP contribution in [0.4, 0.5) is 10.1 Å². The Morgan fingerprint density at radius 2 is 2.00 bits per heavy atom. The minimum Gasteiger partial charge on any atom is -0.326 e. The summed E-state index contributed by atoms with van der Waals surface area (Å²) in [6.07, 6.45) is 3.23. The number of benzene rings is 2. The Balaban J connectivity index is 1.92. The van der Waals surface area contributed by atoms with Crippen LogP contribution in [0.3, 0.4) is 0 Å². The van der Waals surface area contributed by atoms with Gasteiger partial charge in [-0.15, -0.1) is 0 Å². The van der Waals surface area contributed by atoms with E-state index >= 15 is 0 Å². The van der Waals surface area contributed by atoms with Crippen LogP contribution in [0.25, 0.3) is 28.0 Å². The molecule has 0 atom stereocenters. The highest BCUT2D eigenvalue weighted by molar-refractivity contribution is 9.10. The van der Waals surface area contributed by atoms with Gasteiger partial charge >= 0.3 is 0 Å². The van der Waals surface area contributed by atoms with Crippen LogP contribution in [0.2, 0.25) is 0 Å². The molecular formula is C20H14BrFN4O. The number of carbonyl (C=O) groups is 1. The fourth-order valence-electron chi connectivity index (χ4n) is 2.95. The summed E-state index contributed by atoms with van der Waals surface area (Å²) < 4.78 is 17.1. The van der Waals surface area contributed by atoms with Crippen molar-refractivity contribution < 1.29 is 9.18 Å². The average Bonchev–Trinajstić information content (AvgIpc) is 3.04. The molecule has 134 valence electrons. The van der Waals surface area contributed by atoms with Crippen molar-refractivity contribution in [3.05, 3.63) is 71.3 Å². The molecule has 1 N–H and O–H groups in total. The second-order valence-corrected chi connectivity index (χ2v) is 6.95. The van der Waals surface area contributed by atoms with Gasteiger partial charge in [0.2, 0.25) is 5.91 Å². The fourth-order valence-corrected chi connectivity index (χ4v) is 3.30. The van der Waals surface area contributed by atoms with E-state index in [1.807, 2.05) is 34.9 Å². The van der Waals surface area contributed by atoms with Crippen molar-refractivity contribution in [2.45, 2.75) is 6.92 Å². The number of anilines is 1. The van der Waals surface area contributed by atoms with Gasteiger partial charge < -0.3 is 5.32 Å². The van der Waals surface area contributed by atoms with E-state index in [0.717, 1.165) is 21.2 Å². The van der Waals surface area contributed by atoms with Crippen LogP contribution in [0.15, 0.2) is 65.5 Å². The van der Waals surface area contributed by atoms with Gasteiger partial charge in [0.25, 0.3) is 0 Å². The summed E-state index contributed by atoms with van der Waals surface area (Å²) in [5, 5.41) is 2.76. The zero-order valence-electron chi connectivity index (χ0n) is 14.3. The van der Waals surface area contributed by atoms with Crippen molar-refractivity contribution in [3.8, 4) is 16.9 Å². The SMILES string of the molecule is CC(=O)Nc1cc(-c2ncccc2F)cc(-n2cnc3cc(Br)ccc32)c1. The van der Waals surface area contributed by atoms with Gasteiger partial charge in [0.1, 0.15) is 17.8 Å². The number of amides is 1. The van der Waals surface area contributed by atoms with E-state index in [9.17, 15) is 9.18 Å². The largest absolute Gasteiger partial charge is 0.326 e. The van der Waals surface area contributed by atoms with Crippen LogP contribution in [0, 0.1) is 5.82 Å². The number of fused-ring (bicyclic) bond motifs is 1.